The van der Waals surface area contributed by atoms with E-state index in [0.717, 1.165) is 30.1 Å². The van der Waals surface area contributed by atoms with Gasteiger partial charge in [-0.3, -0.25) is 14.5 Å². The summed E-state index contributed by atoms with van der Waals surface area (Å²) in [6.07, 6.45) is 5.09. The van der Waals surface area contributed by atoms with Crippen molar-refractivity contribution in [1.82, 2.24) is 24.7 Å². The van der Waals surface area contributed by atoms with Crippen molar-refractivity contribution in [3.05, 3.63) is 40.1 Å². The number of aryl methyl sites for hydroxylation is 2. The van der Waals surface area contributed by atoms with E-state index < -0.39 is 0 Å². The van der Waals surface area contributed by atoms with Crippen LogP contribution in [-0.2, 0) is 6.42 Å². The summed E-state index contributed by atoms with van der Waals surface area (Å²) in [6, 6.07) is -0.0198. The number of aromatic nitrogens is 5. The van der Waals surface area contributed by atoms with Crippen molar-refractivity contribution >= 4 is 0 Å². The standard InChI is InChI=1S/C10H11N5O/c1-6-4-11-5-7(12-6)8-2-3-9-13-14-10(16)15(8)9/h4-5,8H,2-3H2,1H3,(H,14,16)/t8-/m1/s1. The number of nitrogens with zero attached hydrogens (tertiary/aromatic N) is 4. The summed E-state index contributed by atoms with van der Waals surface area (Å²) < 4.78 is 1.67. The summed E-state index contributed by atoms with van der Waals surface area (Å²) in [7, 11) is 0. The Labute approximate surface area is 91.4 Å². The Hall–Kier alpha value is -1.98. The smallest absolute Gasteiger partial charge is 0.270 e. The molecule has 6 nitrogen and oxygen atoms in total. The van der Waals surface area contributed by atoms with E-state index in [1.165, 1.54) is 0 Å². The third-order valence-electron chi connectivity index (χ3n) is 2.85. The van der Waals surface area contributed by atoms with Crippen LogP contribution in [0.3, 0.4) is 0 Å². The fraction of sp³-hybridized carbons (Fsp3) is 0.400. The van der Waals surface area contributed by atoms with E-state index in [2.05, 4.69) is 20.2 Å². The Bertz CT molecular complexity index is 585. The SMILES string of the molecule is Cc1cncc([C@H]2CCc3n[nH]c(=O)n32)n1. The summed E-state index contributed by atoms with van der Waals surface area (Å²) in [5, 5.41) is 6.43. The van der Waals surface area contributed by atoms with Gasteiger partial charge in [0.2, 0.25) is 0 Å². The third kappa shape index (κ3) is 1.26. The van der Waals surface area contributed by atoms with Crippen molar-refractivity contribution in [3.8, 4) is 0 Å². The summed E-state index contributed by atoms with van der Waals surface area (Å²) in [5.41, 5.74) is 1.53. The first-order valence-corrected chi connectivity index (χ1v) is 5.20. The second-order valence-corrected chi connectivity index (χ2v) is 3.95. The van der Waals surface area contributed by atoms with Crippen molar-refractivity contribution in [2.45, 2.75) is 25.8 Å². The maximum Gasteiger partial charge on any atom is 0.343 e. The second kappa shape index (κ2) is 3.26. The number of hydrogen-bond donors (Lipinski definition) is 1. The molecule has 0 radical (unpaired) electrons. The monoisotopic (exact) mass is 217 g/mol. The topological polar surface area (TPSA) is 76.5 Å². The molecule has 0 amide bonds. The maximum absolute atomic E-state index is 11.6. The van der Waals surface area contributed by atoms with Crippen LogP contribution in [0, 0.1) is 6.92 Å². The molecule has 0 aliphatic carbocycles. The molecule has 1 aliphatic rings. The molecule has 6 heteroatoms. The minimum absolute atomic E-state index is 0.0198. The molecule has 16 heavy (non-hydrogen) atoms. The Morgan fingerprint density at radius 1 is 1.50 bits per heavy atom. The zero-order valence-corrected chi connectivity index (χ0v) is 8.84. The highest BCUT2D eigenvalue weighted by atomic mass is 16.1. The molecular formula is C10H11N5O. The van der Waals surface area contributed by atoms with E-state index in [9.17, 15) is 4.79 Å². The molecule has 0 saturated heterocycles. The van der Waals surface area contributed by atoms with Crippen LogP contribution in [-0.4, -0.2) is 24.7 Å². The lowest BCUT2D eigenvalue weighted by Gasteiger charge is -2.10. The minimum atomic E-state index is -0.166. The van der Waals surface area contributed by atoms with Crippen LogP contribution in [0.15, 0.2) is 17.2 Å². The predicted molar refractivity (Wildman–Crippen MR) is 56.1 cm³/mol. The molecule has 3 rings (SSSR count). The van der Waals surface area contributed by atoms with E-state index in [1.807, 2.05) is 6.92 Å². The quantitative estimate of drug-likeness (QED) is 0.740. The van der Waals surface area contributed by atoms with Crippen molar-refractivity contribution in [1.29, 1.82) is 0 Å². The van der Waals surface area contributed by atoms with Crippen LogP contribution in [0.2, 0.25) is 0 Å². The highest BCUT2D eigenvalue weighted by Crippen LogP contribution is 2.26. The van der Waals surface area contributed by atoms with Gasteiger partial charge >= 0.3 is 5.69 Å². The molecule has 0 saturated carbocycles. The zero-order chi connectivity index (χ0) is 11.1. The van der Waals surface area contributed by atoms with Crippen molar-refractivity contribution in [3.63, 3.8) is 0 Å². The van der Waals surface area contributed by atoms with Gasteiger partial charge in [0.15, 0.2) is 0 Å². The molecule has 82 valence electrons. The molecule has 1 N–H and O–H groups in total. The van der Waals surface area contributed by atoms with Crippen LogP contribution >= 0.6 is 0 Å². The number of rotatable bonds is 1. The van der Waals surface area contributed by atoms with Gasteiger partial charge in [-0.2, -0.15) is 5.10 Å². The number of hydrogen-bond acceptors (Lipinski definition) is 4. The van der Waals surface area contributed by atoms with E-state index in [4.69, 9.17) is 0 Å². The van der Waals surface area contributed by atoms with Crippen LogP contribution in [0.5, 0.6) is 0 Å². The van der Waals surface area contributed by atoms with Crippen LogP contribution in [0.1, 0.15) is 29.7 Å². The lowest BCUT2D eigenvalue weighted by atomic mass is 10.1. The van der Waals surface area contributed by atoms with Crippen molar-refractivity contribution < 1.29 is 0 Å². The normalized spacial score (nSPS) is 18.7. The molecule has 2 aromatic rings. The van der Waals surface area contributed by atoms with Gasteiger partial charge in [0.1, 0.15) is 5.82 Å². The fourth-order valence-corrected chi connectivity index (χ4v) is 2.15. The van der Waals surface area contributed by atoms with Crippen LogP contribution in [0.25, 0.3) is 0 Å². The summed E-state index contributed by atoms with van der Waals surface area (Å²) in [6.45, 7) is 1.89. The molecule has 3 heterocycles. The predicted octanol–water partition coefficient (Wildman–Crippen LogP) is 0.205. The molecular weight excluding hydrogens is 206 g/mol. The van der Waals surface area contributed by atoms with Gasteiger partial charge in [0.05, 0.1) is 23.6 Å². The van der Waals surface area contributed by atoms with Crippen molar-refractivity contribution in [2.75, 3.05) is 0 Å². The summed E-state index contributed by atoms with van der Waals surface area (Å²) in [5.74, 6) is 0.804. The van der Waals surface area contributed by atoms with Gasteiger partial charge < -0.3 is 0 Å². The average molecular weight is 217 g/mol. The van der Waals surface area contributed by atoms with E-state index >= 15 is 0 Å². The first-order chi connectivity index (χ1) is 7.75. The van der Waals surface area contributed by atoms with Gasteiger partial charge in [-0.25, -0.2) is 9.89 Å². The van der Waals surface area contributed by atoms with E-state index in [0.29, 0.717) is 0 Å². The second-order valence-electron chi connectivity index (χ2n) is 3.95. The van der Waals surface area contributed by atoms with Crippen molar-refractivity contribution in [2.24, 2.45) is 0 Å². The lowest BCUT2D eigenvalue weighted by Crippen LogP contribution is -2.21. The van der Waals surface area contributed by atoms with E-state index in [1.54, 1.807) is 17.0 Å². The van der Waals surface area contributed by atoms with Gasteiger partial charge in [-0.15, -0.1) is 0 Å². The highest BCUT2D eigenvalue weighted by Gasteiger charge is 2.28. The van der Waals surface area contributed by atoms with E-state index in [-0.39, 0.29) is 11.7 Å². The summed E-state index contributed by atoms with van der Waals surface area (Å²) in [4.78, 5) is 20.1. The minimum Gasteiger partial charge on any atom is -0.270 e. The zero-order valence-electron chi connectivity index (χ0n) is 8.84. The largest absolute Gasteiger partial charge is 0.343 e. The first-order valence-electron chi connectivity index (χ1n) is 5.20. The molecule has 0 aromatic carbocycles. The number of H-pyrrole nitrogens is 1. The molecule has 0 spiro atoms. The number of aromatic amines is 1. The molecule has 0 bridgehead atoms. The maximum atomic E-state index is 11.6. The Kier molecular flexibility index (Phi) is 1.89. The van der Waals surface area contributed by atoms with Crippen LogP contribution < -0.4 is 5.69 Å². The van der Waals surface area contributed by atoms with Gasteiger partial charge in [0.25, 0.3) is 0 Å². The Morgan fingerprint density at radius 3 is 3.19 bits per heavy atom. The first kappa shape index (κ1) is 9.26. The molecule has 1 atom stereocenters. The fourth-order valence-electron chi connectivity index (χ4n) is 2.15. The lowest BCUT2D eigenvalue weighted by molar-refractivity contribution is 0.577. The van der Waals surface area contributed by atoms with Crippen LogP contribution in [0.4, 0.5) is 0 Å². The average Bonchev–Trinajstić information content (AvgIpc) is 2.82. The summed E-state index contributed by atoms with van der Waals surface area (Å²) >= 11 is 0. The number of fused-ring (bicyclic) bond motifs is 1. The Morgan fingerprint density at radius 2 is 2.38 bits per heavy atom. The van der Waals surface area contributed by atoms with Gasteiger partial charge in [-0.05, 0) is 13.3 Å². The Balaban J connectivity index is 2.10. The highest BCUT2D eigenvalue weighted by molar-refractivity contribution is 5.13. The molecule has 1 aliphatic heterocycles. The molecule has 0 unspecified atom stereocenters. The van der Waals surface area contributed by atoms with Gasteiger partial charge in [-0.1, -0.05) is 0 Å². The van der Waals surface area contributed by atoms with Gasteiger partial charge in [0, 0.05) is 12.6 Å². The molecule has 2 aromatic heterocycles. The molecule has 0 fully saturated rings. The number of nitrogens with one attached hydrogen (secondary N) is 1. The third-order valence-corrected chi connectivity index (χ3v) is 2.85.